The number of aromatic carboxylic acids is 1. The number of carboxylic acid groups (broad SMARTS) is 1. The summed E-state index contributed by atoms with van der Waals surface area (Å²) in [6.45, 7) is 4.31. The van der Waals surface area contributed by atoms with E-state index in [0.29, 0.717) is 44.6 Å². The first kappa shape index (κ1) is 21.1. The SMILES string of the molecule is O=C(O)c1cccc(CN2CC3(C2)CN(C(=O)Cc2ccccc2)CC2CC(O)CN23)c1. The molecule has 7 nitrogen and oxygen atoms in total. The maximum Gasteiger partial charge on any atom is 0.335 e. The zero-order valence-electron chi connectivity index (χ0n) is 18.1. The number of rotatable bonds is 5. The number of carbonyl (C=O) groups excluding carboxylic acids is 1. The zero-order chi connectivity index (χ0) is 22.3. The summed E-state index contributed by atoms with van der Waals surface area (Å²) in [7, 11) is 0. The lowest BCUT2D eigenvalue weighted by Crippen LogP contribution is -2.78. The lowest BCUT2D eigenvalue weighted by Gasteiger charge is -2.61. The quantitative estimate of drug-likeness (QED) is 0.740. The minimum Gasteiger partial charge on any atom is -0.478 e. The Labute approximate surface area is 187 Å². The highest BCUT2D eigenvalue weighted by Gasteiger charge is 2.56. The topological polar surface area (TPSA) is 84.3 Å². The van der Waals surface area contributed by atoms with Crippen LogP contribution in [0.25, 0.3) is 0 Å². The van der Waals surface area contributed by atoms with Gasteiger partial charge in [0.1, 0.15) is 0 Å². The first-order valence-corrected chi connectivity index (χ1v) is 11.2. The van der Waals surface area contributed by atoms with Gasteiger partial charge in [0, 0.05) is 45.3 Å². The molecule has 0 aromatic heterocycles. The number of aliphatic hydroxyl groups is 1. The van der Waals surface area contributed by atoms with E-state index in [1.165, 1.54) is 0 Å². The van der Waals surface area contributed by atoms with Crippen LogP contribution in [0.3, 0.4) is 0 Å². The predicted molar refractivity (Wildman–Crippen MR) is 119 cm³/mol. The third-order valence-corrected chi connectivity index (χ3v) is 7.08. The molecule has 3 fully saturated rings. The van der Waals surface area contributed by atoms with E-state index in [4.69, 9.17) is 0 Å². The summed E-state index contributed by atoms with van der Waals surface area (Å²) in [5, 5.41) is 19.6. The van der Waals surface area contributed by atoms with Gasteiger partial charge in [-0.15, -0.1) is 0 Å². The highest BCUT2D eigenvalue weighted by atomic mass is 16.4. The van der Waals surface area contributed by atoms with E-state index >= 15 is 0 Å². The summed E-state index contributed by atoms with van der Waals surface area (Å²) in [6, 6.07) is 17.1. The van der Waals surface area contributed by atoms with Gasteiger partial charge < -0.3 is 15.1 Å². The summed E-state index contributed by atoms with van der Waals surface area (Å²) >= 11 is 0. The van der Waals surface area contributed by atoms with E-state index in [9.17, 15) is 19.8 Å². The van der Waals surface area contributed by atoms with Crippen LogP contribution in [0, 0.1) is 0 Å². The molecule has 3 aliphatic heterocycles. The maximum absolute atomic E-state index is 13.1. The molecule has 1 amide bonds. The fourth-order valence-electron chi connectivity index (χ4n) is 5.72. The first-order chi connectivity index (χ1) is 15.4. The Bertz CT molecular complexity index is 1010. The second-order valence-electron chi connectivity index (χ2n) is 9.51. The molecule has 2 atom stereocenters. The third-order valence-electron chi connectivity index (χ3n) is 7.08. The van der Waals surface area contributed by atoms with Crippen molar-refractivity contribution in [3.63, 3.8) is 0 Å². The summed E-state index contributed by atoms with van der Waals surface area (Å²) in [5.74, 6) is -0.773. The van der Waals surface area contributed by atoms with E-state index in [2.05, 4.69) is 9.80 Å². The van der Waals surface area contributed by atoms with Gasteiger partial charge >= 0.3 is 5.97 Å². The van der Waals surface area contributed by atoms with Gasteiger partial charge in [0.2, 0.25) is 5.91 Å². The van der Waals surface area contributed by atoms with Crippen LogP contribution in [0.5, 0.6) is 0 Å². The smallest absolute Gasteiger partial charge is 0.335 e. The number of β-amino-alcohol motifs (C(OH)–C–C–N with tert-alkyl or cyclic N) is 1. The van der Waals surface area contributed by atoms with E-state index in [1.807, 2.05) is 41.3 Å². The van der Waals surface area contributed by atoms with Crippen molar-refractivity contribution < 1.29 is 19.8 Å². The molecule has 7 heteroatoms. The second-order valence-corrected chi connectivity index (χ2v) is 9.51. The molecule has 0 bridgehead atoms. The Morgan fingerprint density at radius 1 is 0.969 bits per heavy atom. The molecule has 3 aliphatic rings. The Balaban J connectivity index is 1.28. The standard InChI is InChI=1S/C25H29N3O4/c29-22-11-21-13-27(23(30)10-18-5-2-1-3-6-18)17-25(28(21)14-22)15-26(16-25)12-19-7-4-8-20(9-19)24(31)32/h1-9,21-22,29H,10-17H2,(H,31,32). The van der Waals surface area contributed by atoms with Crippen LogP contribution >= 0.6 is 0 Å². The monoisotopic (exact) mass is 435 g/mol. The molecule has 2 unspecified atom stereocenters. The third kappa shape index (κ3) is 4.03. The molecule has 2 aromatic carbocycles. The van der Waals surface area contributed by atoms with Gasteiger partial charge in [0.25, 0.3) is 0 Å². The van der Waals surface area contributed by atoms with Crippen LogP contribution in [0.4, 0.5) is 0 Å². The van der Waals surface area contributed by atoms with Gasteiger partial charge in [-0.2, -0.15) is 0 Å². The van der Waals surface area contributed by atoms with Crippen LogP contribution in [0.2, 0.25) is 0 Å². The first-order valence-electron chi connectivity index (χ1n) is 11.2. The average molecular weight is 436 g/mol. The molecule has 2 N–H and O–H groups in total. The normalized spacial score (nSPS) is 24.8. The van der Waals surface area contributed by atoms with Crippen molar-refractivity contribution in [1.82, 2.24) is 14.7 Å². The fourth-order valence-corrected chi connectivity index (χ4v) is 5.72. The molecular weight excluding hydrogens is 406 g/mol. The van der Waals surface area contributed by atoms with Crippen molar-refractivity contribution in [2.24, 2.45) is 0 Å². The van der Waals surface area contributed by atoms with E-state index in [-0.39, 0.29) is 23.6 Å². The lowest BCUT2D eigenvalue weighted by molar-refractivity contribution is -0.150. The van der Waals surface area contributed by atoms with Crippen molar-refractivity contribution >= 4 is 11.9 Å². The Morgan fingerprint density at radius 2 is 1.72 bits per heavy atom. The molecule has 32 heavy (non-hydrogen) atoms. The molecule has 0 saturated carbocycles. The minimum absolute atomic E-state index is 0.142. The molecular formula is C25H29N3O4. The Kier molecular flexibility index (Phi) is 5.49. The number of hydrogen-bond acceptors (Lipinski definition) is 5. The largest absolute Gasteiger partial charge is 0.478 e. The summed E-state index contributed by atoms with van der Waals surface area (Å²) in [4.78, 5) is 31.1. The van der Waals surface area contributed by atoms with Crippen LogP contribution in [-0.2, 0) is 17.8 Å². The molecule has 0 radical (unpaired) electrons. The number of aliphatic hydroxyl groups excluding tert-OH is 1. The van der Waals surface area contributed by atoms with Gasteiger partial charge in [-0.05, 0) is 29.7 Å². The molecule has 3 heterocycles. The van der Waals surface area contributed by atoms with Crippen LogP contribution < -0.4 is 0 Å². The van der Waals surface area contributed by atoms with Crippen molar-refractivity contribution in [3.05, 3.63) is 71.3 Å². The molecule has 3 saturated heterocycles. The molecule has 1 spiro atoms. The highest BCUT2D eigenvalue weighted by Crippen LogP contribution is 2.39. The van der Waals surface area contributed by atoms with Crippen molar-refractivity contribution in [2.75, 3.05) is 32.7 Å². The second kappa shape index (κ2) is 8.31. The summed E-state index contributed by atoms with van der Waals surface area (Å²) < 4.78 is 0. The summed E-state index contributed by atoms with van der Waals surface area (Å²) in [5.41, 5.74) is 2.16. The molecule has 0 aliphatic carbocycles. The lowest BCUT2D eigenvalue weighted by atomic mass is 9.83. The number of fused-ring (bicyclic) bond motifs is 2. The Hall–Kier alpha value is -2.74. The molecule has 168 valence electrons. The van der Waals surface area contributed by atoms with Gasteiger partial charge in [-0.3, -0.25) is 14.6 Å². The van der Waals surface area contributed by atoms with E-state index in [0.717, 1.165) is 24.2 Å². The van der Waals surface area contributed by atoms with Gasteiger partial charge in [0.15, 0.2) is 0 Å². The number of carboxylic acids is 1. The maximum atomic E-state index is 13.1. The minimum atomic E-state index is -0.916. The predicted octanol–water partition coefficient (Wildman–Crippen LogP) is 1.46. The number of benzene rings is 2. The number of nitrogens with zero attached hydrogens (tertiary/aromatic N) is 3. The Morgan fingerprint density at radius 3 is 2.47 bits per heavy atom. The number of piperazine rings is 1. The average Bonchev–Trinajstić information content (AvgIpc) is 3.14. The number of hydrogen-bond donors (Lipinski definition) is 2. The van der Waals surface area contributed by atoms with E-state index in [1.54, 1.807) is 18.2 Å². The van der Waals surface area contributed by atoms with Crippen LogP contribution in [0.15, 0.2) is 54.6 Å². The van der Waals surface area contributed by atoms with Crippen molar-refractivity contribution in [2.45, 2.75) is 37.1 Å². The number of carbonyl (C=O) groups is 2. The fraction of sp³-hybridized carbons (Fsp3) is 0.440. The zero-order valence-corrected chi connectivity index (χ0v) is 18.1. The highest BCUT2D eigenvalue weighted by molar-refractivity contribution is 5.87. The van der Waals surface area contributed by atoms with E-state index < -0.39 is 5.97 Å². The number of amides is 1. The summed E-state index contributed by atoms with van der Waals surface area (Å²) in [6.07, 6.45) is 0.762. The van der Waals surface area contributed by atoms with Gasteiger partial charge in [-0.25, -0.2) is 4.79 Å². The van der Waals surface area contributed by atoms with Gasteiger partial charge in [0.05, 0.1) is 23.6 Å². The molecule has 2 aromatic rings. The molecule has 5 rings (SSSR count). The van der Waals surface area contributed by atoms with Gasteiger partial charge in [-0.1, -0.05) is 42.5 Å². The van der Waals surface area contributed by atoms with Crippen molar-refractivity contribution in [1.29, 1.82) is 0 Å². The number of likely N-dealkylation sites (tertiary alicyclic amines) is 1. The van der Waals surface area contributed by atoms with Crippen LogP contribution in [0.1, 0.15) is 27.9 Å². The van der Waals surface area contributed by atoms with Crippen LogP contribution in [-0.4, -0.2) is 87.2 Å². The van der Waals surface area contributed by atoms with Crippen molar-refractivity contribution in [3.8, 4) is 0 Å².